The highest BCUT2D eigenvalue weighted by atomic mass is 16.5. The first-order chi connectivity index (χ1) is 13.1. The Balaban J connectivity index is 1.57. The molecule has 2 aromatic rings. The lowest BCUT2D eigenvalue weighted by Gasteiger charge is -2.08. The Morgan fingerprint density at radius 3 is 2.56 bits per heavy atom. The number of hydrogen-bond donors (Lipinski definition) is 0. The fraction of sp³-hybridized carbons (Fsp3) is 0.238. The smallest absolute Gasteiger partial charge is 0.314 e. The first-order valence-electron chi connectivity index (χ1n) is 8.61. The molecule has 27 heavy (non-hydrogen) atoms. The zero-order valence-electron chi connectivity index (χ0n) is 15.0. The minimum Gasteiger partial charge on any atom is -0.493 e. The van der Waals surface area contributed by atoms with Gasteiger partial charge in [0.25, 0.3) is 0 Å². The zero-order valence-corrected chi connectivity index (χ0v) is 15.0. The van der Waals surface area contributed by atoms with E-state index in [-0.39, 0.29) is 23.4 Å². The number of methoxy groups -OCH3 is 2. The van der Waals surface area contributed by atoms with Gasteiger partial charge in [-0.25, -0.2) is 0 Å². The van der Waals surface area contributed by atoms with Crippen molar-refractivity contribution in [3.8, 4) is 23.0 Å². The molecule has 6 nitrogen and oxygen atoms in total. The first kappa shape index (κ1) is 17.1. The largest absolute Gasteiger partial charge is 0.493 e. The standard InChI is InChI=1S/C21H18O6/c1-24-16-8-3-12(9-18(16)25-2)10-19-20(22)15-7-6-14(11-17(15)27-19)26-21(23)13-4-5-13/h3,6-11,13H,4-5H2,1-2H3. The maximum absolute atomic E-state index is 12.6. The van der Waals surface area contributed by atoms with Crippen molar-refractivity contribution in [2.75, 3.05) is 14.2 Å². The number of rotatable bonds is 5. The van der Waals surface area contributed by atoms with Gasteiger partial charge >= 0.3 is 5.97 Å². The summed E-state index contributed by atoms with van der Waals surface area (Å²) in [4.78, 5) is 24.4. The topological polar surface area (TPSA) is 71.1 Å². The lowest BCUT2D eigenvalue weighted by atomic mass is 10.1. The Morgan fingerprint density at radius 1 is 1.07 bits per heavy atom. The van der Waals surface area contributed by atoms with Crippen LogP contribution in [0.15, 0.2) is 42.2 Å². The third kappa shape index (κ3) is 3.38. The summed E-state index contributed by atoms with van der Waals surface area (Å²) in [5, 5.41) is 0. The fourth-order valence-electron chi connectivity index (χ4n) is 2.84. The summed E-state index contributed by atoms with van der Waals surface area (Å²) < 4.78 is 21.5. The number of Topliss-reactive ketones (excluding diaryl/α,β-unsaturated/α-hetero) is 1. The van der Waals surface area contributed by atoms with Crippen molar-refractivity contribution >= 4 is 17.8 Å². The molecule has 0 saturated heterocycles. The van der Waals surface area contributed by atoms with Crippen LogP contribution >= 0.6 is 0 Å². The lowest BCUT2D eigenvalue weighted by molar-refractivity contribution is -0.135. The summed E-state index contributed by atoms with van der Waals surface area (Å²) in [7, 11) is 3.11. The molecule has 2 aliphatic rings. The normalized spacial score (nSPS) is 16.7. The number of allylic oxidation sites excluding steroid dienone is 1. The van der Waals surface area contributed by atoms with Crippen LogP contribution in [0.2, 0.25) is 0 Å². The van der Waals surface area contributed by atoms with Crippen LogP contribution in [0.4, 0.5) is 0 Å². The number of esters is 1. The van der Waals surface area contributed by atoms with E-state index in [1.165, 1.54) is 0 Å². The van der Waals surface area contributed by atoms with Gasteiger partial charge in [-0.1, -0.05) is 6.07 Å². The molecule has 0 unspecified atom stereocenters. The van der Waals surface area contributed by atoms with Crippen LogP contribution in [-0.4, -0.2) is 26.0 Å². The molecule has 1 heterocycles. The van der Waals surface area contributed by atoms with Crippen molar-refractivity contribution in [2.45, 2.75) is 12.8 Å². The maximum Gasteiger partial charge on any atom is 0.314 e. The summed E-state index contributed by atoms with van der Waals surface area (Å²) >= 11 is 0. The second-order valence-electron chi connectivity index (χ2n) is 6.41. The second kappa shape index (κ2) is 6.79. The Morgan fingerprint density at radius 2 is 1.85 bits per heavy atom. The molecular formula is C21H18O6. The Bertz CT molecular complexity index is 955. The van der Waals surface area contributed by atoms with E-state index >= 15 is 0 Å². The van der Waals surface area contributed by atoms with Crippen molar-refractivity contribution in [1.29, 1.82) is 0 Å². The van der Waals surface area contributed by atoms with Gasteiger partial charge in [-0.3, -0.25) is 9.59 Å². The highest BCUT2D eigenvalue weighted by molar-refractivity contribution is 6.14. The highest BCUT2D eigenvalue weighted by Gasteiger charge is 2.32. The Kier molecular flexibility index (Phi) is 4.32. The third-order valence-electron chi connectivity index (χ3n) is 4.48. The molecule has 0 amide bonds. The van der Waals surface area contributed by atoms with Crippen LogP contribution in [0.5, 0.6) is 23.0 Å². The highest BCUT2D eigenvalue weighted by Crippen LogP contribution is 2.37. The second-order valence-corrected chi connectivity index (χ2v) is 6.41. The molecule has 0 aromatic heterocycles. The number of fused-ring (bicyclic) bond motifs is 1. The summed E-state index contributed by atoms with van der Waals surface area (Å²) in [6.45, 7) is 0. The van der Waals surface area contributed by atoms with Crippen LogP contribution in [0.3, 0.4) is 0 Å². The quantitative estimate of drug-likeness (QED) is 0.457. The van der Waals surface area contributed by atoms with Gasteiger partial charge in [0, 0.05) is 6.07 Å². The number of hydrogen-bond acceptors (Lipinski definition) is 6. The van der Waals surface area contributed by atoms with Crippen LogP contribution in [0.1, 0.15) is 28.8 Å². The van der Waals surface area contributed by atoms with Crippen molar-refractivity contribution in [3.63, 3.8) is 0 Å². The van der Waals surface area contributed by atoms with E-state index in [0.29, 0.717) is 28.6 Å². The van der Waals surface area contributed by atoms with Crippen LogP contribution < -0.4 is 18.9 Å². The number of ketones is 1. The van der Waals surface area contributed by atoms with Gasteiger partial charge in [0.1, 0.15) is 11.5 Å². The van der Waals surface area contributed by atoms with Gasteiger partial charge in [-0.15, -0.1) is 0 Å². The molecule has 6 heteroatoms. The van der Waals surface area contributed by atoms with Gasteiger partial charge in [0.2, 0.25) is 5.78 Å². The van der Waals surface area contributed by atoms with E-state index in [2.05, 4.69) is 0 Å². The summed E-state index contributed by atoms with van der Waals surface area (Å²) in [5.41, 5.74) is 1.18. The number of benzene rings is 2. The molecule has 2 aromatic carbocycles. The minimum atomic E-state index is -0.236. The lowest BCUT2D eigenvalue weighted by Crippen LogP contribution is -2.09. The molecule has 138 valence electrons. The number of ether oxygens (including phenoxy) is 4. The van der Waals surface area contributed by atoms with Crippen LogP contribution in [0, 0.1) is 5.92 Å². The van der Waals surface area contributed by atoms with E-state index in [0.717, 1.165) is 18.4 Å². The van der Waals surface area contributed by atoms with E-state index in [4.69, 9.17) is 18.9 Å². The van der Waals surface area contributed by atoms with Crippen molar-refractivity contribution < 1.29 is 28.5 Å². The average Bonchev–Trinajstić information content (AvgIpc) is 3.48. The van der Waals surface area contributed by atoms with E-state index in [1.54, 1.807) is 56.7 Å². The molecule has 4 rings (SSSR count). The third-order valence-corrected chi connectivity index (χ3v) is 4.48. The van der Waals surface area contributed by atoms with Crippen molar-refractivity contribution in [3.05, 3.63) is 53.3 Å². The van der Waals surface area contributed by atoms with Crippen molar-refractivity contribution in [1.82, 2.24) is 0 Å². The molecule has 1 aliphatic heterocycles. The van der Waals surface area contributed by atoms with Gasteiger partial charge in [-0.05, 0) is 48.7 Å². The maximum atomic E-state index is 12.6. The van der Waals surface area contributed by atoms with Crippen LogP contribution in [0.25, 0.3) is 6.08 Å². The molecule has 0 atom stereocenters. The van der Waals surface area contributed by atoms with Gasteiger partial charge < -0.3 is 18.9 Å². The van der Waals surface area contributed by atoms with Gasteiger partial charge in [0.15, 0.2) is 17.3 Å². The molecule has 1 aliphatic carbocycles. The van der Waals surface area contributed by atoms with Crippen LogP contribution in [-0.2, 0) is 4.79 Å². The fourth-order valence-corrected chi connectivity index (χ4v) is 2.84. The van der Waals surface area contributed by atoms with Gasteiger partial charge in [0.05, 0.1) is 25.7 Å². The summed E-state index contributed by atoms with van der Waals surface area (Å²) in [6.07, 6.45) is 3.38. The number of carbonyl (C=O) groups excluding carboxylic acids is 2. The number of carbonyl (C=O) groups is 2. The van der Waals surface area contributed by atoms with Gasteiger partial charge in [-0.2, -0.15) is 0 Å². The monoisotopic (exact) mass is 366 g/mol. The first-order valence-corrected chi connectivity index (χ1v) is 8.61. The summed E-state index contributed by atoms with van der Waals surface area (Å²) in [6, 6.07) is 10.1. The van der Waals surface area contributed by atoms with E-state index < -0.39 is 0 Å². The molecule has 1 saturated carbocycles. The van der Waals surface area contributed by atoms with E-state index in [9.17, 15) is 9.59 Å². The molecule has 0 bridgehead atoms. The molecule has 0 spiro atoms. The Labute approximate surface area is 156 Å². The summed E-state index contributed by atoms with van der Waals surface area (Å²) in [5.74, 6) is 1.66. The molecule has 1 fully saturated rings. The zero-order chi connectivity index (χ0) is 19.0. The molecular weight excluding hydrogens is 348 g/mol. The van der Waals surface area contributed by atoms with E-state index in [1.807, 2.05) is 0 Å². The van der Waals surface area contributed by atoms with Crippen molar-refractivity contribution in [2.24, 2.45) is 5.92 Å². The SMILES string of the molecule is COc1ccc(C=C2Oc3cc(OC(=O)C4CC4)ccc3C2=O)cc1OC. The average molecular weight is 366 g/mol. The Hall–Kier alpha value is -3.28. The predicted molar refractivity (Wildman–Crippen MR) is 97.3 cm³/mol. The molecule has 0 radical (unpaired) electrons. The minimum absolute atomic E-state index is 0.00122. The molecule has 0 N–H and O–H groups in total. The predicted octanol–water partition coefficient (Wildman–Crippen LogP) is 3.64.